The minimum atomic E-state index is -1.08. The summed E-state index contributed by atoms with van der Waals surface area (Å²) in [6.07, 6.45) is 3.65. The molecule has 0 spiro atoms. The van der Waals surface area contributed by atoms with Crippen molar-refractivity contribution in [2.24, 2.45) is 0 Å². The van der Waals surface area contributed by atoms with E-state index in [0.29, 0.717) is 11.5 Å². The maximum atomic E-state index is 11.8. The van der Waals surface area contributed by atoms with Gasteiger partial charge >= 0.3 is 12.1 Å². The lowest BCUT2D eigenvalue weighted by molar-refractivity contribution is -0.452. The molecule has 8 nitrogen and oxygen atoms in total. The Balaban J connectivity index is 2.33. The van der Waals surface area contributed by atoms with Gasteiger partial charge in [-0.1, -0.05) is 26.2 Å². The predicted molar refractivity (Wildman–Crippen MR) is 91.8 cm³/mol. The Morgan fingerprint density at radius 1 is 1.00 bits per heavy atom. The van der Waals surface area contributed by atoms with Crippen molar-refractivity contribution in [1.29, 1.82) is 0 Å². The fraction of sp³-hybridized carbons (Fsp3) is 0.556. The average molecular weight is 370 g/mol. The molecule has 146 valence electrons. The van der Waals surface area contributed by atoms with Gasteiger partial charge in [0.25, 0.3) is 0 Å². The van der Waals surface area contributed by atoms with Gasteiger partial charge in [-0.2, -0.15) is 0 Å². The molecule has 0 saturated heterocycles. The van der Waals surface area contributed by atoms with E-state index in [2.05, 4.69) is 21.7 Å². The van der Waals surface area contributed by atoms with Crippen molar-refractivity contribution >= 4 is 12.1 Å². The van der Waals surface area contributed by atoms with Gasteiger partial charge in [0.2, 0.25) is 0 Å². The second-order valence-electron chi connectivity index (χ2n) is 5.62. The van der Waals surface area contributed by atoms with Gasteiger partial charge in [-0.25, -0.2) is 14.5 Å². The van der Waals surface area contributed by atoms with Crippen LogP contribution in [0.1, 0.15) is 56.3 Å². The smallest absolute Gasteiger partial charge is 0.493 e. The number of hydrogen-bond acceptors (Lipinski definition) is 8. The van der Waals surface area contributed by atoms with E-state index >= 15 is 0 Å². The molecule has 0 saturated carbocycles. The van der Waals surface area contributed by atoms with E-state index in [4.69, 9.17) is 14.2 Å². The summed E-state index contributed by atoms with van der Waals surface area (Å²) in [4.78, 5) is 32.0. The van der Waals surface area contributed by atoms with Crippen LogP contribution < -0.4 is 9.47 Å². The molecule has 0 aliphatic carbocycles. The first kappa shape index (κ1) is 21.6. The number of methoxy groups -OCH3 is 2. The summed E-state index contributed by atoms with van der Waals surface area (Å²) in [5.74, 6) is -0.0664. The molecular weight excluding hydrogens is 344 g/mol. The Labute approximate surface area is 153 Å². The maximum Gasteiger partial charge on any atom is 0.543 e. The summed E-state index contributed by atoms with van der Waals surface area (Å²) in [6, 6.07) is 4.38. The van der Waals surface area contributed by atoms with Gasteiger partial charge in [-0.15, -0.1) is 0 Å². The van der Waals surface area contributed by atoms with E-state index in [1.165, 1.54) is 32.4 Å². The van der Waals surface area contributed by atoms with Gasteiger partial charge in [0.15, 0.2) is 11.5 Å². The van der Waals surface area contributed by atoms with E-state index in [1.54, 1.807) is 6.92 Å². The van der Waals surface area contributed by atoms with Crippen LogP contribution in [0, 0.1) is 0 Å². The molecule has 1 rings (SSSR count). The molecule has 1 unspecified atom stereocenters. The Hall–Kier alpha value is -2.48. The highest BCUT2D eigenvalue weighted by molar-refractivity contribution is 5.89. The number of benzene rings is 1. The number of ether oxygens (including phenoxy) is 3. The molecule has 0 N–H and O–H groups in total. The van der Waals surface area contributed by atoms with Crippen molar-refractivity contribution in [2.75, 3.05) is 14.2 Å². The van der Waals surface area contributed by atoms with Crippen LogP contribution in [0.15, 0.2) is 18.2 Å². The van der Waals surface area contributed by atoms with Crippen molar-refractivity contribution in [3.63, 3.8) is 0 Å². The van der Waals surface area contributed by atoms with Gasteiger partial charge in [0.1, 0.15) is 6.10 Å². The average Bonchev–Trinajstić information content (AvgIpc) is 2.64. The number of carbonyl (C=O) groups excluding carboxylic acids is 2. The largest absolute Gasteiger partial charge is 0.543 e. The first-order chi connectivity index (χ1) is 12.5. The molecule has 0 amide bonds. The fourth-order valence-electron chi connectivity index (χ4n) is 2.19. The van der Waals surface area contributed by atoms with Crippen molar-refractivity contribution < 1.29 is 38.6 Å². The first-order valence-corrected chi connectivity index (χ1v) is 8.50. The molecule has 26 heavy (non-hydrogen) atoms. The third-order valence-corrected chi connectivity index (χ3v) is 3.59. The topological polar surface area (TPSA) is 89.5 Å². The summed E-state index contributed by atoms with van der Waals surface area (Å²) >= 11 is 0. The van der Waals surface area contributed by atoms with E-state index in [-0.39, 0.29) is 11.7 Å². The second-order valence-corrected chi connectivity index (χ2v) is 5.62. The lowest BCUT2D eigenvalue weighted by atomic mass is 10.1. The predicted octanol–water partition coefficient (Wildman–Crippen LogP) is 4.22. The molecular formula is C18H26O8. The molecule has 0 radical (unpaired) electrons. The van der Waals surface area contributed by atoms with Crippen molar-refractivity contribution in [3.05, 3.63) is 23.8 Å². The van der Waals surface area contributed by atoms with Crippen molar-refractivity contribution in [3.8, 4) is 11.5 Å². The second kappa shape index (κ2) is 12.0. The summed E-state index contributed by atoms with van der Waals surface area (Å²) in [5, 5.41) is 4.19. The molecule has 0 aromatic heterocycles. The molecule has 0 aliphatic rings. The normalized spacial score (nSPS) is 11.4. The minimum absolute atomic E-state index is 0.129. The fourth-order valence-corrected chi connectivity index (χ4v) is 2.19. The quantitative estimate of drug-likeness (QED) is 0.247. The summed E-state index contributed by atoms with van der Waals surface area (Å²) in [5.41, 5.74) is 0.129. The van der Waals surface area contributed by atoms with Gasteiger partial charge in [-0.3, -0.25) is 4.89 Å². The van der Waals surface area contributed by atoms with Crippen LogP contribution in [0.4, 0.5) is 4.79 Å². The minimum Gasteiger partial charge on any atom is -0.493 e. The Morgan fingerprint density at radius 2 is 1.73 bits per heavy atom. The van der Waals surface area contributed by atoms with E-state index in [0.717, 1.165) is 32.1 Å². The van der Waals surface area contributed by atoms with Crippen LogP contribution in [0.3, 0.4) is 0 Å². The van der Waals surface area contributed by atoms with Gasteiger partial charge < -0.3 is 14.2 Å². The molecule has 1 aromatic carbocycles. The third kappa shape index (κ3) is 7.60. The SMILES string of the molecule is CCCCCCC(C)OC(=O)OOOC(=O)c1ccc(OC)c(OC)c1. The number of carbonyl (C=O) groups is 2. The van der Waals surface area contributed by atoms with Crippen LogP contribution in [0.5, 0.6) is 11.5 Å². The Morgan fingerprint density at radius 3 is 2.38 bits per heavy atom. The standard InChI is InChI=1S/C18H26O8/c1-5-6-7-8-9-13(2)23-18(20)25-26-24-17(19)14-10-11-15(21-3)16(12-14)22-4/h10-13H,5-9H2,1-4H3. The zero-order valence-electron chi connectivity index (χ0n) is 15.6. The summed E-state index contributed by atoms with van der Waals surface area (Å²) < 4.78 is 15.1. The van der Waals surface area contributed by atoms with E-state index in [9.17, 15) is 9.59 Å². The third-order valence-electron chi connectivity index (χ3n) is 3.59. The Kier molecular flexibility index (Phi) is 9.93. The zero-order valence-corrected chi connectivity index (χ0v) is 15.6. The molecule has 1 aromatic rings. The van der Waals surface area contributed by atoms with Crippen LogP contribution in [0.25, 0.3) is 0 Å². The highest BCUT2D eigenvalue weighted by Gasteiger charge is 2.16. The monoisotopic (exact) mass is 370 g/mol. The van der Waals surface area contributed by atoms with Gasteiger partial charge in [0.05, 0.1) is 24.8 Å². The van der Waals surface area contributed by atoms with Crippen LogP contribution in [0.2, 0.25) is 0 Å². The lowest BCUT2D eigenvalue weighted by Gasteiger charge is -2.11. The molecule has 0 bridgehead atoms. The van der Waals surface area contributed by atoms with Gasteiger partial charge in [0, 0.05) is 0 Å². The lowest BCUT2D eigenvalue weighted by Crippen LogP contribution is -2.17. The first-order valence-electron chi connectivity index (χ1n) is 8.50. The van der Waals surface area contributed by atoms with E-state index in [1.807, 2.05) is 0 Å². The number of rotatable bonds is 11. The highest BCUT2D eigenvalue weighted by Crippen LogP contribution is 2.27. The molecule has 8 heteroatoms. The van der Waals surface area contributed by atoms with Crippen LogP contribution in [-0.4, -0.2) is 32.4 Å². The molecule has 0 aliphatic heterocycles. The summed E-state index contributed by atoms with van der Waals surface area (Å²) in [6.45, 7) is 3.88. The van der Waals surface area contributed by atoms with Crippen LogP contribution in [-0.2, 0) is 19.6 Å². The Bertz CT molecular complexity index is 572. The van der Waals surface area contributed by atoms with Crippen molar-refractivity contribution in [1.82, 2.24) is 0 Å². The highest BCUT2D eigenvalue weighted by atomic mass is 17.5. The molecule has 1 atom stereocenters. The van der Waals surface area contributed by atoms with Gasteiger partial charge in [-0.05, 0) is 38.0 Å². The zero-order chi connectivity index (χ0) is 19.4. The number of hydrogen-bond donors (Lipinski definition) is 0. The molecule has 0 fully saturated rings. The molecule has 0 heterocycles. The van der Waals surface area contributed by atoms with Crippen molar-refractivity contribution in [2.45, 2.75) is 52.1 Å². The van der Waals surface area contributed by atoms with Crippen LogP contribution >= 0.6 is 0 Å². The summed E-state index contributed by atoms with van der Waals surface area (Å²) in [7, 11) is 2.91. The number of unbranched alkanes of at least 4 members (excludes halogenated alkanes) is 3. The van der Waals surface area contributed by atoms with E-state index < -0.39 is 12.1 Å². The maximum absolute atomic E-state index is 11.8.